The van der Waals surface area contributed by atoms with E-state index in [9.17, 15) is 5.11 Å². The fourth-order valence-corrected chi connectivity index (χ4v) is 2.40. The second-order valence-corrected chi connectivity index (χ2v) is 5.24. The van der Waals surface area contributed by atoms with Crippen molar-refractivity contribution in [3.63, 3.8) is 0 Å². The largest absolute Gasteiger partial charge is 0.508 e. The Morgan fingerprint density at radius 2 is 1.95 bits per heavy atom. The zero-order valence-corrected chi connectivity index (χ0v) is 12.1. The van der Waals surface area contributed by atoms with Crippen molar-refractivity contribution in [2.24, 2.45) is 0 Å². The number of anilines is 1. The van der Waals surface area contributed by atoms with Crippen molar-refractivity contribution in [2.45, 2.75) is 26.4 Å². The summed E-state index contributed by atoms with van der Waals surface area (Å²) < 4.78 is 2.14. The second kappa shape index (κ2) is 5.44. The lowest BCUT2D eigenvalue weighted by Gasteiger charge is -2.13. The number of nitrogens with zero attached hydrogens (tertiary/aromatic N) is 3. The summed E-state index contributed by atoms with van der Waals surface area (Å²) >= 11 is 0. The molecule has 0 aliphatic rings. The predicted octanol–water partition coefficient (Wildman–Crippen LogP) is 3.33. The van der Waals surface area contributed by atoms with Gasteiger partial charge in [-0.25, -0.2) is 9.97 Å². The number of nitrogens with one attached hydrogen (secondary N) is 1. The summed E-state index contributed by atoms with van der Waals surface area (Å²) in [5.74, 6) is 1.21. The van der Waals surface area contributed by atoms with Crippen LogP contribution in [-0.2, 0) is 6.54 Å². The minimum absolute atomic E-state index is 0.263. The molecule has 2 aromatic heterocycles. The molecule has 2 N–H and O–H groups in total. The fourth-order valence-electron chi connectivity index (χ4n) is 2.40. The van der Waals surface area contributed by atoms with Gasteiger partial charge in [-0.15, -0.1) is 0 Å². The van der Waals surface area contributed by atoms with Crippen molar-refractivity contribution in [2.75, 3.05) is 5.32 Å². The van der Waals surface area contributed by atoms with Gasteiger partial charge < -0.3 is 15.0 Å². The van der Waals surface area contributed by atoms with Crippen molar-refractivity contribution >= 4 is 16.9 Å². The lowest BCUT2D eigenvalue weighted by atomic mass is 10.3. The van der Waals surface area contributed by atoms with Gasteiger partial charge >= 0.3 is 0 Å². The van der Waals surface area contributed by atoms with Crippen LogP contribution in [0.1, 0.15) is 25.7 Å². The first-order chi connectivity index (χ1) is 10.1. The molecule has 0 aliphatic carbocycles. The number of hydrogen-bond acceptors (Lipinski definition) is 4. The van der Waals surface area contributed by atoms with Crippen molar-refractivity contribution in [1.29, 1.82) is 0 Å². The van der Waals surface area contributed by atoms with E-state index in [4.69, 9.17) is 0 Å². The lowest BCUT2D eigenvalue weighted by molar-refractivity contribution is 0.475. The highest BCUT2D eigenvalue weighted by atomic mass is 16.3. The van der Waals surface area contributed by atoms with Gasteiger partial charge in [-0.05, 0) is 50.2 Å². The van der Waals surface area contributed by atoms with E-state index in [1.165, 1.54) is 0 Å². The molecule has 108 valence electrons. The molecule has 0 bridgehead atoms. The quantitative estimate of drug-likeness (QED) is 0.720. The third-order valence-electron chi connectivity index (χ3n) is 3.36. The van der Waals surface area contributed by atoms with Crippen molar-refractivity contribution < 1.29 is 5.11 Å². The molecule has 0 unspecified atom stereocenters. The van der Waals surface area contributed by atoms with Crippen LogP contribution in [0.2, 0.25) is 0 Å². The number of benzene rings is 1. The molecule has 0 amide bonds. The van der Waals surface area contributed by atoms with Crippen molar-refractivity contribution in [3.8, 4) is 5.75 Å². The van der Waals surface area contributed by atoms with Gasteiger partial charge in [-0.2, -0.15) is 0 Å². The first kappa shape index (κ1) is 13.4. The lowest BCUT2D eigenvalue weighted by Crippen LogP contribution is -2.11. The Morgan fingerprint density at radius 3 is 2.67 bits per heavy atom. The van der Waals surface area contributed by atoms with E-state index in [1.807, 2.05) is 24.3 Å². The van der Waals surface area contributed by atoms with Gasteiger partial charge in [0, 0.05) is 17.9 Å². The van der Waals surface area contributed by atoms with Gasteiger partial charge in [0.2, 0.25) is 0 Å². The highest BCUT2D eigenvalue weighted by molar-refractivity contribution is 5.71. The molecule has 3 rings (SSSR count). The maximum Gasteiger partial charge on any atom is 0.160 e. The first-order valence-electron chi connectivity index (χ1n) is 7.00. The van der Waals surface area contributed by atoms with Crippen molar-refractivity contribution in [1.82, 2.24) is 14.5 Å². The summed E-state index contributed by atoms with van der Waals surface area (Å²) in [4.78, 5) is 9.08. The van der Waals surface area contributed by atoms with Crippen LogP contribution in [0.15, 0.2) is 42.6 Å². The number of aromatic hydroxyl groups is 1. The number of imidazole rings is 1. The van der Waals surface area contributed by atoms with Crippen LogP contribution in [0.4, 0.5) is 5.69 Å². The van der Waals surface area contributed by atoms with Gasteiger partial charge in [-0.3, -0.25) is 0 Å². The summed E-state index contributed by atoms with van der Waals surface area (Å²) in [7, 11) is 0. The summed E-state index contributed by atoms with van der Waals surface area (Å²) in [5, 5.41) is 12.6. The Kier molecular flexibility index (Phi) is 3.48. The molecule has 0 aliphatic heterocycles. The molecule has 0 atom stereocenters. The number of pyridine rings is 1. The Balaban J connectivity index is 1.89. The number of rotatable bonds is 4. The molecular formula is C16H18N4O. The van der Waals surface area contributed by atoms with Crippen LogP contribution in [0.5, 0.6) is 5.75 Å². The second-order valence-electron chi connectivity index (χ2n) is 5.24. The molecule has 5 nitrogen and oxygen atoms in total. The van der Waals surface area contributed by atoms with Gasteiger partial charge in [-0.1, -0.05) is 0 Å². The monoisotopic (exact) mass is 282 g/mol. The van der Waals surface area contributed by atoms with Crippen LogP contribution in [-0.4, -0.2) is 19.6 Å². The number of aromatic nitrogens is 3. The van der Waals surface area contributed by atoms with Gasteiger partial charge in [0.25, 0.3) is 0 Å². The van der Waals surface area contributed by atoms with E-state index in [1.54, 1.807) is 18.3 Å². The SMILES string of the molecule is CC(C)n1c(CNc2ccc(O)cc2)nc2cccnc21. The molecule has 0 saturated heterocycles. The minimum Gasteiger partial charge on any atom is -0.508 e. The molecule has 1 aromatic carbocycles. The Labute approximate surface area is 123 Å². The van der Waals surface area contributed by atoms with Crippen LogP contribution in [0.3, 0.4) is 0 Å². The Bertz CT molecular complexity index is 747. The van der Waals surface area contributed by atoms with E-state index < -0.39 is 0 Å². The molecule has 3 aromatic rings. The summed E-state index contributed by atoms with van der Waals surface area (Å²) in [6, 6.07) is 11.2. The molecule has 2 heterocycles. The summed E-state index contributed by atoms with van der Waals surface area (Å²) in [5.41, 5.74) is 2.77. The third kappa shape index (κ3) is 2.67. The number of hydrogen-bond donors (Lipinski definition) is 2. The Hall–Kier alpha value is -2.56. The summed E-state index contributed by atoms with van der Waals surface area (Å²) in [6.45, 7) is 4.86. The maximum absolute atomic E-state index is 9.30. The molecule has 21 heavy (non-hydrogen) atoms. The van der Waals surface area contributed by atoms with E-state index in [0.29, 0.717) is 12.6 Å². The maximum atomic E-state index is 9.30. The Morgan fingerprint density at radius 1 is 1.19 bits per heavy atom. The van der Waals surface area contributed by atoms with Crippen LogP contribution >= 0.6 is 0 Å². The van der Waals surface area contributed by atoms with E-state index in [0.717, 1.165) is 22.7 Å². The predicted molar refractivity (Wildman–Crippen MR) is 83.3 cm³/mol. The standard InChI is InChI=1S/C16H18N4O/c1-11(2)20-15(19-14-4-3-9-17-16(14)20)10-18-12-5-7-13(21)8-6-12/h3-9,11,18,21H,10H2,1-2H3. The number of fused-ring (bicyclic) bond motifs is 1. The van der Waals surface area contributed by atoms with Gasteiger partial charge in [0.05, 0.1) is 6.54 Å². The van der Waals surface area contributed by atoms with Crippen LogP contribution in [0.25, 0.3) is 11.2 Å². The molecule has 5 heteroatoms. The zero-order chi connectivity index (χ0) is 14.8. The van der Waals surface area contributed by atoms with Gasteiger partial charge in [0.1, 0.15) is 17.1 Å². The average molecular weight is 282 g/mol. The van der Waals surface area contributed by atoms with Crippen molar-refractivity contribution in [3.05, 3.63) is 48.4 Å². The van der Waals surface area contributed by atoms with E-state index in [-0.39, 0.29) is 5.75 Å². The number of phenolic OH excluding ortho intramolecular Hbond substituents is 1. The fraction of sp³-hybridized carbons (Fsp3) is 0.250. The third-order valence-corrected chi connectivity index (χ3v) is 3.36. The highest BCUT2D eigenvalue weighted by Gasteiger charge is 2.13. The smallest absolute Gasteiger partial charge is 0.160 e. The van der Waals surface area contributed by atoms with Gasteiger partial charge in [0.15, 0.2) is 5.65 Å². The van der Waals surface area contributed by atoms with Crippen LogP contribution < -0.4 is 5.32 Å². The minimum atomic E-state index is 0.263. The molecule has 0 fully saturated rings. The van der Waals surface area contributed by atoms with Crippen LogP contribution in [0, 0.1) is 0 Å². The van der Waals surface area contributed by atoms with E-state index >= 15 is 0 Å². The normalized spacial score (nSPS) is 11.2. The molecule has 0 spiro atoms. The summed E-state index contributed by atoms with van der Waals surface area (Å²) in [6.07, 6.45) is 1.79. The number of phenols is 1. The zero-order valence-electron chi connectivity index (χ0n) is 12.1. The average Bonchev–Trinajstić information content (AvgIpc) is 2.85. The molecule has 0 saturated carbocycles. The van der Waals surface area contributed by atoms with E-state index in [2.05, 4.69) is 33.7 Å². The molecule has 0 radical (unpaired) electrons. The highest BCUT2D eigenvalue weighted by Crippen LogP contribution is 2.20. The first-order valence-corrected chi connectivity index (χ1v) is 7.00. The topological polar surface area (TPSA) is 63.0 Å². The molecular weight excluding hydrogens is 264 g/mol.